The van der Waals surface area contributed by atoms with Crippen LogP contribution in [0.15, 0.2) is 0 Å². The van der Waals surface area contributed by atoms with Crippen LogP contribution in [0.4, 0.5) is 0 Å². The molecule has 0 bridgehead atoms. The maximum atomic E-state index is 12.6. The molecule has 0 radical (unpaired) electrons. The molecule has 20 heavy (non-hydrogen) atoms. The summed E-state index contributed by atoms with van der Waals surface area (Å²) < 4.78 is 5.66. The Labute approximate surface area is 124 Å². The van der Waals surface area contributed by atoms with Gasteiger partial charge in [0, 0.05) is 13.2 Å². The summed E-state index contributed by atoms with van der Waals surface area (Å²) in [5.74, 6) is 1.28. The van der Waals surface area contributed by atoms with Crippen molar-refractivity contribution in [1.29, 1.82) is 0 Å². The molecule has 0 saturated carbocycles. The summed E-state index contributed by atoms with van der Waals surface area (Å²) in [6, 6.07) is 0. The maximum absolute atomic E-state index is 12.6. The molecule has 1 aliphatic heterocycles. The zero-order valence-corrected chi connectivity index (χ0v) is 14.0. The number of hydrogen-bond acceptors (Lipinski definition) is 3. The number of nitrogens with zero attached hydrogens (tertiary/aromatic N) is 1. The van der Waals surface area contributed by atoms with E-state index in [9.17, 15) is 4.79 Å². The fourth-order valence-corrected chi connectivity index (χ4v) is 2.51. The molecular weight excluding hydrogens is 252 g/mol. The third kappa shape index (κ3) is 4.19. The maximum Gasteiger partial charge on any atom is 0.243 e. The highest BCUT2D eigenvalue weighted by atomic mass is 16.5. The van der Waals surface area contributed by atoms with Crippen LogP contribution in [-0.2, 0) is 9.53 Å². The van der Waals surface area contributed by atoms with E-state index >= 15 is 0 Å². The van der Waals surface area contributed by atoms with Crippen molar-refractivity contribution in [3.05, 3.63) is 0 Å². The van der Waals surface area contributed by atoms with Gasteiger partial charge in [-0.25, -0.2) is 0 Å². The van der Waals surface area contributed by atoms with Crippen molar-refractivity contribution in [3.63, 3.8) is 0 Å². The van der Waals surface area contributed by atoms with Crippen molar-refractivity contribution < 1.29 is 9.53 Å². The van der Waals surface area contributed by atoms with E-state index in [1.54, 1.807) is 0 Å². The minimum absolute atomic E-state index is 0.126. The average Bonchev–Trinajstić information content (AvgIpc) is 2.63. The highest BCUT2D eigenvalue weighted by Gasteiger charge is 2.47. The second-order valence-electron chi connectivity index (χ2n) is 6.81. The second-order valence-corrected chi connectivity index (χ2v) is 6.81. The van der Waals surface area contributed by atoms with Gasteiger partial charge in [-0.1, -0.05) is 34.6 Å². The van der Waals surface area contributed by atoms with Gasteiger partial charge in [0.05, 0.1) is 18.3 Å². The van der Waals surface area contributed by atoms with Crippen molar-refractivity contribution >= 4 is 5.91 Å². The first kappa shape index (κ1) is 17.4. The molecule has 1 rings (SSSR count). The second kappa shape index (κ2) is 7.41. The summed E-state index contributed by atoms with van der Waals surface area (Å²) in [7, 11) is 0. The van der Waals surface area contributed by atoms with Crippen LogP contribution < -0.4 is 5.32 Å². The van der Waals surface area contributed by atoms with Crippen LogP contribution in [0.1, 0.15) is 54.4 Å². The minimum Gasteiger partial charge on any atom is -0.380 e. The van der Waals surface area contributed by atoms with E-state index in [-0.39, 0.29) is 12.1 Å². The smallest absolute Gasteiger partial charge is 0.243 e. The van der Waals surface area contributed by atoms with E-state index in [2.05, 4.69) is 39.9 Å². The minimum atomic E-state index is -0.410. The lowest BCUT2D eigenvalue weighted by molar-refractivity contribution is -0.134. The van der Waals surface area contributed by atoms with Crippen molar-refractivity contribution in [2.75, 3.05) is 19.8 Å². The van der Waals surface area contributed by atoms with Crippen molar-refractivity contribution in [2.24, 2.45) is 11.8 Å². The summed E-state index contributed by atoms with van der Waals surface area (Å²) in [5, 5.41) is 3.50. The molecule has 1 N–H and O–H groups in total. The van der Waals surface area contributed by atoms with Gasteiger partial charge in [-0.15, -0.1) is 0 Å². The van der Waals surface area contributed by atoms with E-state index in [1.165, 1.54) is 0 Å². The molecule has 0 aromatic rings. The number of ether oxygens (including phenoxy) is 1. The molecule has 2 unspecified atom stereocenters. The van der Waals surface area contributed by atoms with E-state index < -0.39 is 5.54 Å². The first-order valence-electron chi connectivity index (χ1n) is 7.98. The fraction of sp³-hybridized carbons (Fsp3) is 0.938. The monoisotopic (exact) mass is 284 g/mol. The summed E-state index contributed by atoms with van der Waals surface area (Å²) in [6.45, 7) is 14.8. The lowest BCUT2D eigenvalue weighted by Gasteiger charge is -2.27. The summed E-state index contributed by atoms with van der Waals surface area (Å²) >= 11 is 0. The van der Waals surface area contributed by atoms with Gasteiger partial charge in [0.25, 0.3) is 0 Å². The molecule has 118 valence electrons. The molecule has 1 heterocycles. The zero-order chi connectivity index (χ0) is 15.3. The molecule has 0 aromatic carbocycles. The number of carbonyl (C=O) groups is 1. The Kier molecular flexibility index (Phi) is 6.46. The SMILES string of the molecule is CCC1(C)NC(C(C)C)N(CCOCCC(C)C)C1=O. The Bertz CT molecular complexity index is 318. The van der Waals surface area contributed by atoms with Gasteiger partial charge in [-0.05, 0) is 31.6 Å². The third-order valence-corrected chi connectivity index (χ3v) is 4.19. The zero-order valence-electron chi connectivity index (χ0n) is 14.0. The van der Waals surface area contributed by atoms with Gasteiger partial charge in [0.2, 0.25) is 5.91 Å². The van der Waals surface area contributed by atoms with Crippen LogP contribution in [0.5, 0.6) is 0 Å². The number of hydrogen-bond donors (Lipinski definition) is 1. The normalized spacial score (nSPS) is 27.1. The van der Waals surface area contributed by atoms with Crippen LogP contribution in [0.25, 0.3) is 0 Å². The van der Waals surface area contributed by atoms with Crippen LogP contribution in [0, 0.1) is 11.8 Å². The Morgan fingerprint density at radius 1 is 1.30 bits per heavy atom. The van der Waals surface area contributed by atoms with Crippen molar-refractivity contribution in [1.82, 2.24) is 10.2 Å². The predicted octanol–water partition coefficient (Wildman–Crippen LogP) is 2.63. The van der Waals surface area contributed by atoms with Crippen LogP contribution in [0.2, 0.25) is 0 Å². The first-order chi connectivity index (χ1) is 9.31. The summed E-state index contributed by atoms with van der Waals surface area (Å²) in [5.41, 5.74) is -0.410. The first-order valence-corrected chi connectivity index (χ1v) is 7.98. The standard InChI is InChI=1S/C16H32N2O2/c1-7-16(6)15(19)18(14(17-16)13(4)5)9-11-20-10-8-12(2)3/h12-14,17H,7-11H2,1-6H3. The lowest BCUT2D eigenvalue weighted by atomic mass is 9.99. The van der Waals surface area contributed by atoms with Crippen LogP contribution in [-0.4, -0.2) is 42.3 Å². The van der Waals surface area contributed by atoms with E-state index in [0.29, 0.717) is 25.0 Å². The number of amides is 1. The number of carbonyl (C=O) groups excluding carboxylic acids is 1. The molecule has 1 amide bonds. The molecule has 4 nitrogen and oxygen atoms in total. The predicted molar refractivity (Wildman–Crippen MR) is 82.4 cm³/mol. The Morgan fingerprint density at radius 2 is 1.95 bits per heavy atom. The molecule has 2 atom stereocenters. The Morgan fingerprint density at radius 3 is 2.45 bits per heavy atom. The lowest BCUT2D eigenvalue weighted by Crippen LogP contribution is -2.45. The van der Waals surface area contributed by atoms with Gasteiger partial charge in [0.1, 0.15) is 0 Å². The summed E-state index contributed by atoms with van der Waals surface area (Å²) in [4.78, 5) is 14.5. The largest absolute Gasteiger partial charge is 0.380 e. The molecule has 0 aliphatic carbocycles. The van der Waals surface area contributed by atoms with Crippen LogP contribution >= 0.6 is 0 Å². The van der Waals surface area contributed by atoms with Crippen molar-refractivity contribution in [2.45, 2.75) is 66.1 Å². The molecular formula is C16H32N2O2. The Hall–Kier alpha value is -0.610. The molecule has 1 saturated heterocycles. The molecule has 1 aliphatic rings. The van der Waals surface area contributed by atoms with Crippen LogP contribution in [0.3, 0.4) is 0 Å². The number of rotatable bonds is 8. The topological polar surface area (TPSA) is 41.6 Å². The molecule has 4 heteroatoms. The van der Waals surface area contributed by atoms with Gasteiger partial charge >= 0.3 is 0 Å². The van der Waals surface area contributed by atoms with E-state index in [0.717, 1.165) is 19.4 Å². The van der Waals surface area contributed by atoms with E-state index in [1.807, 2.05) is 11.8 Å². The quantitative estimate of drug-likeness (QED) is 0.697. The highest BCUT2D eigenvalue weighted by Crippen LogP contribution is 2.26. The fourth-order valence-electron chi connectivity index (χ4n) is 2.51. The molecule has 0 aromatic heterocycles. The van der Waals surface area contributed by atoms with E-state index in [4.69, 9.17) is 4.74 Å². The van der Waals surface area contributed by atoms with Gasteiger partial charge < -0.3 is 9.64 Å². The van der Waals surface area contributed by atoms with Gasteiger partial charge in [-0.3, -0.25) is 10.1 Å². The summed E-state index contributed by atoms with van der Waals surface area (Å²) in [6.07, 6.45) is 2.02. The third-order valence-electron chi connectivity index (χ3n) is 4.19. The average molecular weight is 284 g/mol. The molecule has 1 fully saturated rings. The van der Waals surface area contributed by atoms with Gasteiger partial charge in [-0.2, -0.15) is 0 Å². The van der Waals surface area contributed by atoms with Gasteiger partial charge in [0.15, 0.2) is 0 Å². The molecule has 0 spiro atoms. The number of nitrogens with one attached hydrogen (secondary N) is 1. The van der Waals surface area contributed by atoms with Crippen molar-refractivity contribution in [3.8, 4) is 0 Å². The highest BCUT2D eigenvalue weighted by molar-refractivity contribution is 5.88. The Balaban J connectivity index is 2.51.